The van der Waals surface area contributed by atoms with E-state index in [1.165, 1.54) is 12.1 Å². The van der Waals surface area contributed by atoms with Gasteiger partial charge in [0.15, 0.2) is 0 Å². The Labute approximate surface area is 223 Å². The molecule has 4 rings (SSSR count). The van der Waals surface area contributed by atoms with E-state index in [9.17, 15) is 9.18 Å². The molecular weight excluding hydrogens is 485 g/mol. The van der Waals surface area contributed by atoms with Crippen LogP contribution >= 0.6 is 0 Å². The number of piperazine rings is 1. The highest BCUT2D eigenvalue weighted by Gasteiger charge is 2.19. The van der Waals surface area contributed by atoms with Crippen LogP contribution in [0.3, 0.4) is 0 Å². The van der Waals surface area contributed by atoms with Gasteiger partial charge < -0.3 is 19.7 Å². The van der Waals surface area contributed by atoms with Gasteiger partial charge in [0.1, 0.15) is 17.3 Å². The molecule has 0 aromatic heterocycles. The molecule has 38 heavy (non-hydrogen) atoms. The summed E-state index contributed by atoms with van der Waals surface area (Å²) in [5.74, 6) is 1.33. The second-order valence-corrected chi connectivity index (χ2v) is 9.13. The minimum Gasteiger partial charge on any atom is -0.497 e. The Balaban J connectivity index is 1.23. The highest BCUT2D eigenvalue weighted by molar-refractivity contribution is 5.76. The highest BCUT2D eigenvalue weighted by atomic mass is 19.1. The van der Waals surface area contributed by atoms with Gasteiger partial charge in [0.05, 0.1) is 32.1 Å². The molecule has 9 heteroatoms. The van der Waals surface area contributed by atoms with Gasteiger partial charge in [-0.15, -0.1) is 0 Å². The first-order valence-electron chi connectivity index (χ1n) is 12.9. The van der Waals surface area contributed by atoms with Crippen molar-refractivity contribution in [3.05, 3.63) is 84.2 Å². The Morgan fingerprint density at radius 1 is 0.921 bits per heavy atom. The molecule has 8 nitrogen and oxygen atoms in total. The van der Waals surface area contributed by atoms with E-state index < -0.39 is 0 Å². The van der Waals surface area contributed by atoms with Crippen LogP contribution in [-0.4, -0.2) is 64.4 Å². The smallest absolute Gasteiger partial charge is 0.333 e. The zero-order valence-corrected chi connectivity index (χ0v) is 22.0. The number of hydrazine groups is 1. The van der Waals surface area contributed by atoms with E-state index in [1.807, 2.05) is 42.5 Å². The van der Waals surface area contributed by atoms with Gasteiger partial charge in [-0.25, -0.2) is 14.6 Å². The lowest BCUT2D eigenvalue weighted by molar-refractivity contribution is 0.235. The summed E-state index contributed by atoms with van der Waals surface area (Å²) in [6, 6.07) is 21.5. The van der Waals surface area contributed by atoms with Crippen LogP contribution in [0.2, 0.25) is 0 Å². The number of ether oxygens (including phenoxy) is 2. The van der Waals surface area contributed by atoms with Crippen molar-refractivity contribution in [3.63, 3.8) is 0 Å². The number of urea groups is 1. The fourth-order valence-electron chi connectivity index (χ4n) is 4.50. The van der Waals surface area contributed by atoms with Crippen LogP contribution in [0.5, 0.6) is 11.5 Å². The fourth-order valence-corrected chi connectivity index (χ4v) is 4.50. The molecule has 0 saturated carbocycles. The van der Waals surface area contributed by atoms with Gasteiger partial charge in [-0.1, -0.05) is 24.3 Å². The molecular formula is C29H36FN5O3. The third-order valence-electron chi connectivity index (χ3n) is 6.61. The maximum Gasteiger partial charge on any atom is 0.333 e. The van der Waals surface area contributed by atoms with Gasteiger partial charge in [0.2, 0.25) is 0 Å². The Morgan fingerprint density at radius 2 is 1.63 bits per heavy atom. The number of methoxy groups -OCH3 is 2. The summed E-state index contributed by atoms with van der Waals surface area (Å²) in [4.78, 5) is 17.5. The van der Waals surface area contributed by atoms with Gasteiger partial charge in [-0.3, -0.25) is 9.91 Å². The summed E-state index contributed by atoms with van der Waals surface area (Å²) >= 11 is 0. The summed E-state index contributed by atoms with van der Waals surface area (Å²) in [5.41, 5.74) is 5.72. The van der Waals surface area contributed by atoms with Crippen LogP contribution < -0.4 is 30.1 Å². The van der Waals surface area contributed by atoms with Crippen molar-refractivity contribution >= 4 is 17.4 Å². The molecule has 2 N–H and O–H groups in total. The number of hydrogen-bond acceptors (Lipinski definition) is 6. The van der Waals surface area contributed by atoms with Gasteiger partial charge in [0.25, 0.3) is 0 Å². The molecule has 0 aliphatic carbocycles. The van der Waals surface area contributed by atoms with Crippen molar-refractivity contribution in [2.75, 3.05) is 63.4 Å². The number of hydrogen-bond donors (Lipinski definition) is 2. The maximum absolute atomic E-state index is 13.4. The van der Waals surface area contributed by atoms with Gasteiger partial charge in [-0.2, -0.15) is 0 Å². The van der Waals surface area contributed by atoms with Crippen LogP contribution in [0.25, 0.3) is 0 Å². The Morgan fingerprint density at radius 3 is 2.32 bits per heavy atom. The second-order valence-electron chi connectivity index (χ2n) is 9.13. The van der Waals surface area contributed by atoms with Crippen molar-refractivity contribution in [3.8, 4) is 11.5 Å². The molecule has 1 fully saturated rings. The zero-order chi connectivity index (χ0) is 26.7. The lowest BCUT2D eigenvalue weighted by Crippen LogP contribution is -2.49. The number of carbonyl (C=O) groups excluding carboxylic acids is 1. The number of para-hydroxylation sites is 2. The summed E-state index contributed by atoms with van der Waals surface area (Å²) in [5, 5.41) is 4.69. The van der Waals surface area contributed by atoms with E-state index in [-0.39, 0.29) is 11.8 Å². The third kappa shape index (κ3) is 7.52. The number of nitrogens with one attached hydrogen (secondary N) is 2. The van der Waals surface area contributed by atoms with Crippen molar-refractivity contribution in [2.45, 2.75) is 13.0 Å². The first-order valence-corrected chi connectivity index (χ1v) is 12.9. The van der Waals surface area contributed by atoms with E-state index in [4.69, 9.17) is 9.47 Å². The molecule has 0 radical (unpaired) electrons. The maximum atomic E-state index is 13.4. The highest BCUT2D eigenvalue weighted by Crippen LogP contribution is 2.28. The van der Waals surface area contributed by atoms with Crippen molar-refractivity contribution in [1.29, 1.82) is 0 Å². The van der Waals surface area contributed by atoms with Crippen LogP contribution in [0.4, 0.5) is 20.6 Å². The first kappa shape index (κ1) is 27.1. The summed E-state index contributed by atoms with van der Waals surface area (Å²) < 4.78 is 24.1. The number of nitrogens with zero attached hydrogens (tertiary/aromatic N) is 3. The molecule has 3 aromatic carbocycles. The van der Waals surface area contributed by atoms with Gasteiger partial charge in [0, 0.05) is 32.7 Å². The minimum absolute atomic E-state index is 0.288. The molecule has 0 atom stereocenters. The average Bonchev–Trinajstić information content (AvgIpc) is 2.96. The Kier molecular flexibility index (Phi) is 9.64. The lowest BCUT2D eigenvalue weighted by atomic mass is 10.2. The minimum atomic E-state index is -0.295. The zero-order valence-electron chi connectivity index (χ0n) is 22.0. The standard InChI is InChI=1S/C29H36FN5O3/c1-37-26-14-12-25(13-15-26)35(22-23-8-10-24(30)11-9-23)32-29(36)31-16-5-17-33-18-20-34(21-19-33)27-6-3-4-7-28(27)38-2/h3-4,6-15H,5,16-22H2,1-2H3,(H2,31,32,36). The number of anilines is 2. The normalized spacial score (nSPS) is 13.6. The Hall–Kier alpha value is -3.98. The molecule has 0 unspecified atom stereocenters. The predicted molar refractivity (Wildman–Crippen MR) is 148 cm³/mol. The molecule has 0 spiro atoms. The Bertz CT molecular complexity index is 1150. The van der Waals surface area contributed by atoms with E-state index >= 15 is 0 Å². The molecule has 1 saturated heterocycles. The lowest BCUT2D eigenvalue weighted by Gasteiger charge is -2.36. The molecule has 202 valence electrons. The molecule has 1 heterocycles. The van der Waals surface area contributed by atoms with Crippen molar-refractivity contribution < 1.29 is 18.7 Å². The quantitative estimate of drug-likeness (QED) is 0.290. The predicted octanol–water partition coefficient (Wildman–Crippen LogP) is 4.28. The topological polar surface area (TPSA) is 69.3 Å². The molecule has 1 aliphatic rings. The number of amides is 2. The summed E-state index contributed by atoms with van der Waals surface area (Å²) in [7, 11) is 3.31. The number of halogens is 1. The van der Waals surface area contributed by atoms with Crippen molar-refractivity contribution in [2.24, 2.45) is 0 Å². The van der Waals surface area contributed by atoms with Gasteiger partial charge >= 0.3 is 6.03 Å². The first-order chi connectivity index (χ1) is 18.6. The van der Waals surface area contributed by atoms with E-state index in [0.29, 0.717) is 13.1 Å². The van der Waals surface area contributed by atoms with Crippen LogP contribution in [0.1, 0.15) is 12.0 Å². The third-order valence-corrected chi connectivity index (χ3v) is 6.61. The average molecular weight is 522 g/mol. The fraction of sp³-hybridized carbons (Fsp3) is 0.345. The van der Waals surface area contributed by atoms with E-state index in [1.54, 1.807) is 31.4 Å². The number of rotatable bonds is 11. The summed E-state index contributed by atoms with van der Waals surface area (Å²) in [6.07, 6.45) is 0.850. The SMILES string of the molecule is COc1ccc(N(Cc2ccc(F)cc2)NC(=O)NCCCN2CCN(c3ccccc3OC)CC2)cc1. The van der Waals surface area contributed by atoms with Crippen LogP contribution in [-0.2, 0) is 6.54 Å². The molecule has 3 aromatic rings. The van der Waals surface area contributed by atoms with Crippen LogP contribution in [0, 0.1) is 5.82 Å². The second kappa shape index (κ2) is 13.5. The van der Waals surface area contributed by atoms with E-state index in [2.05, 4.69) is 26.6 Å². The molecule has 1 aliphatic heterocycles. The summed E-state index contributed by atoms with van der Waals surface area (Å²) in [6.45, 7) is 5.67. The monoisotopic (exact) mass is 521 g/mol. The number of carbonyl (C=O) groups is 1. The largest absolute Gasteiger partial charge is 0.497 e. The molecule has 0 bridgehead atoms. The number of benzene rings is 3. The van der Waals surface area contributed by atoms with Crippen LogP contribution in [0.15, 0.2) is 72.8 Å². The molecule has 2 amide bonds. The van der Waals surface area contributed by atoms with Gasteiger partial charge in [-0.05, 0) is 67.1 Å². The van der Waals surface area contributed by atoms with Crippen molar-refractivity contribution in [1.82, 2.24) is 15.6 Å². The van der Waals surface area contributed by atoms with E-state index in [0.717, 1.165) is 67.6 Å².